The van der Waals surface area contributed by atoms with Crippen molar-refractivity contribution in [3.05, 3.63) is 70.8 Å². The number of aryl methyl sites for hydroxylation is 1. The number of halogens is 2. The van der Waals surface area contributed by atoms with E-state index >= 15 is 0 Å². The Balaban J connectivity index is 1.44. The van der Waals surface area contributed by atoms with Crippen LogP contribution in [0.25, 0.3) is 0 Å². The van der Waals surface area contributed by atoms with Crippen LogP contribution in [-0.4, -0.2) is 54.5 Å². The zero-order chi connectivity index (χ0) is 20.1. The van der Waals surface area contributed by atoms with Gasteiger partial charge in [-0.25, -0.2) is 13.6 Å². The molecule has 0 spiro atoms. The molecule has 1 aliphatic rings. The van der Waals surface area contributed by atoms with Crippen LogP contribution in [-0.2, 0) is 16.1 Å². The largest absolute Gasteiger partial charge is 0.452 e. The molecular weight excluding hydrogens is 366 g/mol. The van der Waals surface area contributed by atoms with Crippen molar-refractivity contribution in [3.8, 4) is 0 Å². The normalized spacial score (nSPS) is 14.8. The van der Waals surface area contributed by atoms with Gasteiger partial charge in [0.2, 0.25) is 0 Å². The highest BCUT2D eigenvalue weighted by molar-refractivity contribution is 5.91. The van der Waals surface area contributed by atoms with Crippen LogP contribution in [0.15, 0.2) is 42.5 Å². The Morgan fingerprint density at radius 2 is 1.75 bits per heavy atom. The molecule has 2 aromatic carbocycles. The highest BCUT2D eigenvalue weighted by atomic mass is 19.2. The summed E-state index contributed by atoms with van der Waals surface area (Å²) in [6.45, 7) is 5.03. The van der Waals surface area contributed by atoms with Gasteiger partial charge in [0, 0.05) is 32.7 Å². The summed E-state index contributed by atoms with van der Waals surface area (Å²) in [5.41, 5.74) is 2.32. The predicted molar refractivity (Wildman–Crippen MR) is 99.7 cm³/mol. The van der Waals surface area contributed by atoms with Crippen LogP contribution >= 0.6 is 0 Å². The van der Waals surface area contributed by atoms with Gasteiger partial charge in [0.05, 0.1) is 5.56 Å². The maximum Gasteiger partial charge on any atom is 0.338 e. The molecule has 7 heteroatoms. The van der Waals surface area contributed by atoms with Crippen molar-refractivity contribution in [1.82, 2.24) is 9.80 Å². The molecule has 28 heavy (non-hydrogen) atoms. The number of carbonyl (C=O) groups excluding carboxylic acids is 2. The molecular formula is C21H22F2N2O3. The summed E-state index contributed by atoms with van der Waals surface area (Å²) in [4.78, 5) is 28.1. The van der Waals surface area contributed by atoms with Gasteiger partial charge in [-0.15, -0.1) is 0 Å². The number of amides is 1. The number of nitrogens with zero attached hydrogens (tertiary/aromatic N) is 2. The maximum atomic E-state index is 13.2. The lowest BCUT2D eigenvalue weighted by Gasteiger charge is -2.34. The second kappa shape index (κ2) is 8.93. The molecule has 2 aromatic rings. The second-order valence-electron chi connectivity index (χ2n) is 6.85. The Kier molecular flexibility index (Phi) is 6.36. The summed E-state index contributed by atoms with van der Waals surface area (Å²) in [5.74, 6) is -3.34. The molecule has 0 aliphatic carbocycles. The number of hydrogen-bond acceptors (Lipinski definition) is 4. The lowest BCUT2D eigenvalue weighted by atomic mass is 10.1. The molecule has 148 valence electrons. The molecule has 1 amide bonds. The summed E-state index contributed by atoms with van der Waals surface area (Å²) in [7, 11) is 0. The summed E-state index contributed by atoms with van der Waals surface area (Å²) in [6, 6.07) is 11.0. The number of esters is 1. The average molecular weight is 388 g/mol. The van der Waals surface area contributed by atoms with Crippen LogP contribution in [0.1, 0.15) is 21.5 Å². The van der Waals surface area contributed by atoms with Gasteiger partial charge in [0.25, 0.3) is 5.91 Å². The molecule has 0 N–H and O–H groups in total. The van der Waals surface area contributed by atoms with Crippen molar-refractivity contribution >= 4 is 11.9 Å². The monoisotopic (exact) mass is 388 g/mol. The van der Waals surface area contributed by atoms with Gasteiger partial charge in [0.1, 0.15) is 0 Å². The van der Waals surface area contributed by atoms with Crippen molar-refractivity contribution in [2.24, 2.45) is 0 Å². The quantitative estimate of drug-likeness (QED) is 0.739. The third-order valence-corrected chi connectivity index (χ3v) is 4.70. The van der Waals surface area contributed by atoms with Crippen molar-refractivity contribution in [3.63, 3.8) is 0 Å². The first-order chi connectivity index (χ1) is 13.4. The van der Waals surface area contributed by atoms with Gasteiger partial charge in [-0.05, 0) is 30.7 Å². The third kappa shape index (κ3) is 5.13. The highest BCUT2D eigenvalue weighted by Crippen LogP contribution is 2.12. The Hall–Kier alpha value is -2.80. The maximum absolute atomic E-state index is 13.2. The number of rotatable bonds is 5. The smallest absolute Gasteiger partial charge is 0.338 e. The second-order valence-corrected chi connectivity index (χ2v) is 6.85. The van der Waals surface area contributed by atoms with Gasteiger partial charge in [-0.3, -0.25) is 9.69 Å². The number of ether oxygens (including phenoxy) is 1. The third-order valence-electron chi connectivity index (χ3n) is 4.70. The molecule has 0 bridgehead atoms. The molecule has 0 saturated carbocycles. The topological polar surface area (TPSA) is 49.9 Å². The minimum absolute atomic E-state index is 0.130. The fourth-order valence-corrected chi connectivity index (χ4v) is 3.15. The molecule has 0 unspecified atom stereocenters. The van der Waals surface area contributed by atoms with Gasteiger partial charge in [0.15, 0.2) is 18.2 Å². The van der Waals surface area contributed by atoms with E-state index in [1.165, 1.54) is 11.1 Å². The molecule has 1 saturated heterocycles. The number of carbonyl (C=O) groups is 2. The molecule has 5 nitrogen and oxygen atoms in total. The Morgan fingerprint density at radius 3 is 2.43 bits per heavy atom. The number of benzene rings is 2. The van der Waals surface area contributed by atoms with Crippen LogP contribution in [0.4, 0.5) is 8.78 Å². The van der Waals surface area contributed by atoms with Crippen LogP contribution < -0.4 is 0 Å². The fourth-order valence-electron chi connectivity index (χ4n) is 3.15. The van der Waals surface area contributed by atoms with E-state index in [2.05, 4.69) is 30.0 Å². The zero-order valence-corrected chi connectivity index (χ0v) is 15.7. The van der Waals surface area contributed by atoms with Crippen molar-refractivity contribution in [2.75, 3.05) is 32.8 Å². The minimum Gasteiger partial charge on any atom is -0.452 e. The van der Waals surface area contributed by atoms with Crippen LogP contribution in [0.5, 0.6) is 0 Å². The summed E-state index contributed by atoms with van der Waals surface area (Å²) >= 11 is 0. The lowest BCUT2D eigenvalue weighted by Crippen LogP contribution is -2.49. The van der Waals surface area contributed by atoms with Gasteiger partial charge >= 0.3 is 5.97 Å². The number of piperazine rings is 1. The number of hydrogen-bond donors (Lipinski definition) is 0. The van der Waals surface area contributed by atoms with E-state index < -0.39 is 24.2 Å². The van der Waals surface area contributed by atoms with E-state index in [9.17, 15) is 18.4 Å². The molecule has 1 aliphatic heterocycles. The Bertz CT molecular complexity index is 864. The van der Waals surface area contributed by atoms with Crippen LogP contribution in [0, 0.1) is 18.6 Å². The SMILES string of the molecule is Cc1cccc(CN2CCN(C(=O)COC(=O)c3ccc(F)c(F)c3)CC2)c1. The molecule has 1 heterocycles. The first-order valence-electron chi connectivity index (χ1n) is 9.10. The highest BCUT2D eigenvalue weighted by Gasteiger charge is 2.22. The van der Waals surface area contributed by atoms with Gasteiger partial charge in [-0.2, -0.15) is 0 Å². The summed E-state index contributed by atoms with van der Waals surface area (Å²) in [6.07, 6.45) is 0. The molecule has 0 atom stereocenters. The van der Waals surface area contributed by atoms with Crippen LogP contribution in [0.3, 0.4) is 0 Å². The molecule has 0 aromatic heterocycles. The van der Waals surface area contributed by atoms with E-state index in [0.717, 1.165) is 37.8 Å². The first kappa shape index (κ1) is 19.9. The minimum atomic E-state index is -1.13. The van der Waals surface area contributed by atoms with E-state index in [1.54, 1.807) is 4.90 Å². The summed E-state index contributed by atoms with van der Waals surface area (Å²) in [5, 5.41) is 0. The molecule has 3 rings (SSSR count). The van der Waals surface area contributed by atoms with E-state index in [1.807, 2.05) is 6.07 Å². The Labute approximate surface area is 162 Å². The molecule has 0 radical (unpaired) electrons. The lowest BCUT2D eigenvalue weighted by molar-refractivity contribution is -0.136. The predicted octanol–water partition coefficient (Wildman–Crippen LogP) is 2.77. The van der Waals surface area contributed by atoms with Crippen molar-refractivity contribution in [2.45, 2.75) is 13.5 Å². The van der Waals surface area contributed by atoms with Gasteiger partial charge in [-0.1, -0.05) is 29.8 Å². The van der Waals surface area contributed by atoms with E-state index in [4.69, 9.17) is 4.74 Å². The van der Waals surface area contributed by atoms with Gasteiger partial charge < -0.3 is 9.64 Å². The van der Waals surface area contributed by atoms with E-state index in [0.29, 0.717) is 13.1 Å². The van der Waals surface area contributed by atoms with Crippen LogP contribution in [0.2, 0.25) is 0 Å². The standard InChI is InChI=1S/C21H22F2N2O3/c1-15-3-2-4-16(11-15)13-24-7-9-25(10-8-24)20(26)14-28-21(27)17-5-6-18(22)19(23)12-17/h2-6,11-12H,7-10,13-14H2,1H3. The van der Waals surface area contributed by atoms with Crippen molar-refractivity contribution in [1.29, 1.82) is 0 Å². The van der Waals surface area contributed by atoms with E-state index in [-0.39, 0.29) is 11.5 Å². The van der Waals surface area contributed by atoms with Crippen molar-refractivity contribution < 1.29 is 23.1 Å². The fraction of sp³-hybridized carbons (Fsp3) is 0.333. The average Bonchev–Trinajstić information content (AvgIpc) is 2.68. The summed E-state index contributed by atoms with van der Waals surface area (Å²) < 4.78 is 31.0. The molecule has 1 fully saturated rings. The Morgan fingerprint density at radius 1 is 1.00 bits per heavy atom. The zero-order valence-electron chi connectivity index (χ0n) is 15.7. The first-order valence-corrected chi connectivity index (χ1v) is 9.10.